The predicted octanol–water partition coefficient (Wildman–Crippen LogP) is 2.41. The zero-order valence-electron chi connectivity index (χ0n) is 15.4. The van der Waals surface area contributed by atoms with Gasteiger partial charge in [0.05, 0.1) is 19.8 Å². The second-order valence-corrected chi connectivity index (χ2v) is 7.41. The van der Waals surface area contributed by atoms with Gasteiger partial charge in [0, 0.05) is 38.8 Å². The number of hydrogen-bond acceptors (Lipinski definition) is 3. The monoisotopic (exact) mass is 450 g/mol. The van der Waals surface area contributed by atoms with Crippen molar-refractivity contribution in [3.8, 4) is 0 Å². The van der Waals surface area contributed by atoms with E-state index in [4.69, 9.17) is 9.73 Å². The Morgan fingerprint density at radius 1 is 1.21 bits per heavy atom. The average molecular weight is 450 g/mol. The first kappa shape index (κ1) is 20.2. The summed E-state index contributed by atoms with van der Waals surface area (Å²) >= 11 is 0. The van der Waals surface area contributed by atoms with Crippen LogP contribution in [0, 0.1) is 11.8 Å². The van der Waals surface area contributed by atoms with E-state index in [0.717, 1.165) is 57.2 Å². The number of hydrogen-bond donors (Lipinski definition) is 1. The van der Waals surface area contributed by atoms with Crippen LogP contribution in [0.1, 0.15) is 39.5 Å². The molecule has 2 aliphatic heterocycles. The van der Waals surface area contributed by atoms with Crippen LogP contribution in [0.25, 0.3) is 0 Å². The number of aliphatic imine (C=N–C) groups is 1. The molecule has 6 heteroatoms. The van der Waals surface area contributed by atoms with Gasteiger partial charge in [-0.2, -0.15) is 0 Å². The van der Waals surface area contributed by atoms with Gasteiger partial charge in [0.2, 0.25) is 0 Å². The first-order chi connectivity index (χ1) is 11.3. The van der Waals surface area contributed by atoms with Gasteiger partial charge >= 0.3 is 0 Å². The first-order valence-corrected chi connectivity index (χ1v) is 9.63. The number of nitrogens with one attached hydrogen (secondary N) is 1. The molecule has 0 spiro atoms. The van der Waals surface area contributed by atoms with Gasteiger partial charge in [-0.25, -0.2) is 0 Å². The number of morpholine rings is 1. The molecule has 0 amide bonds. The van der Waals surface area contributed by atoms with Gasteiger partial charge < -0.3 is 15.0 Å². The molecular weight excluding hydrogens is 415 g/mol. The summed E-state index contributed by atoms with van der Waals surface area (Å²) in [6.07, 6.45) is 5.70. The minimum atomic E-state index is 0. The van der Waals surface area contributed by atoms with Crippen LogP contribution >= 0.6 is 24.0 Å². The van der Waals surface area contributed by atoms with Crippen LogP contribution in [0.2, 0.25) is 0 Å². The minimum Gasteiger partial charge on any atom is -0.379 e. The molecule has 1 aliphatic carbocycles. The maximum Gasteiger partial charge on any atom is 0.193 e. The molecule has 0 aromatic rings. The van der Waals surface area contributed by atoms with Gasteiger partial charge in [-0.1, -0.05) is 12.8 Å². The molecule has 2 saturated heterocycles. The highest BCUT2D eigenvalue weighted by Crippen LogP contribution is 2.35. The summed E-state index contributed by atoms with van der Waals surface area (Å²) < 4.78 is 5.52. The van der Waals surface area contributed by atoms with E-state index >= 15 is 0 Å². The van der Waals surface area contributed by atoms with Crippen molar-refractivity contribution >= 4 is 29.9 Å². The zero-order valence-corrected chi connectivity index (χ0v) is 17.7. The van der Waals surface area contributed by atoms with Crippen molar-refractivity contribution in [2.75, 3.05) is 52.5 Å². The van der Waals surface area contributed by atoms with E-state index < -0.39 is 0 Å². The highest BCUT2D eigenvalue weighted by atomic mass is 127. The van der Waals surface area contributed by atoms with Crippen LogP contribution < -0.4 is 5.32 Å². The molecule has 1 saturated carbocycles. The third kappa shape index (κ3) is 5.21. The SMILES string of the molecule is CCNC(=NCCN1CCOCC1C)N1CC2CCCCC2C1.I. The number of rotatable bonds is 4. The molecule has 2 heterocycles. The topological polar surface area (TPSA) is 40.1 Å². The van der Waals surface area contributed by atoms with Crippen LogP contribution in [0.3, 0.4) is 0 Å². The Hall–Kier alpha value is -0.0800. The summed E-state index contributed by atoms with van der Waals surface area (Å²) in [6, 6.07) is 0.524. The Bertz CT molecular complexity index is 392. The summed E-state index contributed by atoms with van der Waals surface area (Å²) in [7, 11) is 0. The Morgan fingerprint density at radius 2 is 1.92 bits per heavy atom. The van der Waals surface area contributed by atoms with E-state index in [-0.39, 0.29) is 24.0 Å². The van der Waals surface area contributed by atoms with Gasteiger partial charge in [0.15, 0.2) is 5.96 Å². The lowest BCUT2D eigenvalue weighted by atomic mass is 9.82. The summed E-state index contributed by atoms with van der Waals surface area (Å²) in [6.45, 7) is 12.5. The van der Waals surface area contributed by atoms with Gasteiger partial charge in [0.1, 0.15) is 0 Å². The molecule has 3 atom stereocenters. The Balaban J connectivity index is 0.00000208. The third-order valence-electron chi connectivity index (χ3n) is 5.76. The van der Waals surface area contributed by atoms with Crippen LogP contribution in [-0.4, -0.2) is 74.3 Å². The molecule has 5 nitrogen and oxygen atoms in total. The normalized spacial score (nSPS) is 31.5. The summed E-state index contributed by atoms with van der Waals surface area (Å²) in [4.78, 5) is 9.95. The van der Waals surface area contributed by atoms with E-state index in [0.29, 0.717) is 6.04 Å². The Labute approximate surface area is 164 Å². The lowest BCUT2D eigenvalue weighted by Gasteiger charge is -2.32. The molecule has 0 aromatic carbocycles. The summed E-state index contributed by atoms with van der Waals surface area (Å²) in [5.41, 5.74) is 0. The van der Waals surface area contributed by atoms with Gasteiger partial charge in [0.25, 0.3) is 0 Å². The molecule has 24 heavy (non-hydrogen) atoms. The minimum absolute atomic E-state index is 0. The second-order valence-electron chi connectivity index (χ2n) is 7.41. The maximum absolute atomic E-state index is 5.52. The predicted molar refractivity (Wildman–Crippen MR) is 110 cm³/mol. The number of guanidine groups is 1. The van der Waals surface area contributed by atoms with Crippen molar-refractivity contribution in [2.45, 2.75) is 45.6 Å². The fourth-order valence-corrected chi connectivity index (χ4v) is 4.38. The quantitative estimate of drug-likeness (QED) is 0.406. The van der Waals surface area contributed by atoms with E-state index in [1.807, 2.05) is 0 Å². The van der Waals surface area contributed by atoms with Gasteiger partial charge in [-0.3, -0.25) is 9.89 Å². The third-order valence-corrected chi connectivity index (χ3v) is 5.76. The molecule has 3 aliphatic rings. The Kier molecular flexibility index (Phi) is 8.57. The molecule has 3 unspecified atom stereocenters. The standard InChI is InChI=1S/C18H34N4O.HI/c1-3-19-18(20-8-9-21-10-11-23-14-15(21)2)22-12-16-6-4-5-7-17(16)13-22;/h15-17H,3-14H2,1-2H3,(H,19,20);1H. The van der Waals surface area contributed by atoms with Gasteiger partial charge in [-0.05, 0) is 38.5 Å². The van der Waals surface area contributed by atoms with E-state index in [1.165, 1.54) is 38.8 Å². The van der Waals surface area contributed by atoms with Crippen molar-refractivity contribution in [3.63, 3.8) is 0 Å². The van der Waals surface area contributed by atoms with Crippen molar-refractivity contribution in [1.82, 2.24) is 15.1 Å². The average Bonchev–Trinajstić information content (AvgIpc) is 2.99. The largest absolute Gasteiger partial charge is 0.379 e. The molecule has 3 rings (SSSR count). The van der Waals surface area contributed by atoms with Crippen molar-refractivity contribution in [2.24, 2.45) is 16.8 Å². The first-order valence-electron chi connectivity index (χ1n) is 9.63. The van der Waals surface area contributed by atoms with Crippen LogP contribution in [0.15, 0.2) is 4.99 Å². The van der Waals surface area contributed by atoms with Crippen molar-refractivity contribution in [1.29, 1.82) is 0 Å². The van der Waals surface area contributed by atoms with Crippen molar-refractivity contribution < 1.29 is 4.74 Å². The number of ether oxygens (including phenoxy) is 1. The highest BCUT2D eigenvalue weighted by molar-refractivity contribution is 14.0. The fraction of sp³-hybridized carbons (Fsp3) is 0.944. The van der Waals surface area contributed by atoms with Crippen LogP contribution in [0.4, 0.5) is 0 Å². The molecule has 140 valence electrons. The number of nitrogens with zero attached hydrogens (tertiary/aromatic N) is 3. The molecule has 0 radical (unpaired) electrons. The molecule has 3 fully saturated rings. The van der Waals surface area contributed by atoms with Crippen molar-refractivity contribution in [3.05, 3.63) is 0 Å². The summed E-state index contributed by atoms with van der Waals surface area (Å²) in [5.74, 6) is 2.96. The maximum atomic E-state index is 5.52. The smallest absolute Gasteiger partial charge is 0.193 e. The lowest BCUT2D eigenvalue weighted by molar-refractivity contribution is 0.00139. The molecular formula is C18H35IN4O. The van der Waals surface area contributed by atoms with E-state index in [1.54, 1.807) is 0 Å². The zero-order chi connectivity index (χ0) is 16.1. The van der Waals surface area contributed by atoms with Crippen LogP contribution in [-0.2, 0) is 4.74 Å². The number of fused-ring (bicyclic) bond motifs is 1. The molecule has 0 aromatic heterocycles. The molecule has 0 bridgehead atoms. The lowest BCUT2D eigenvalue weighted by Crippen LogP contribution is -2.45. The molecule has 1 N–H and O–H groups in total. The number of likely N-dealkylation sites (tertiary alicyclic amines) is 1. The van der Waals surface area contributed by atoms with E-state index in [2.05, 4.69) is 29.0 Å². The number of halogens is 1. The summed E-state index contributed by atoms with van der Waals surface area (Å²) in [5, 5.41) is 3.52. The Morgan fingerprint density at radius 3 is 2.54 bits per heavy atom. The van der Waals surface area contributed by atoms with Gasteiger partial charge in [-0.15, -0.1) is 24.0 Å². The highest BCUT2D eigenvalue weighted by Gasteiger charge is 2.35. The second kappa shape index (κ2) is 10.2. The fourth-order valence-electron chi connectivity index (χ4n) is 4.38. The van der Waals surface area contributed by atoms with Crippen LogP contribution in [0.5, 0.6) is 0 Å². The van der Waals surface area contributed by atoms with E-state index in [9.17, 15) is 0 Å².